The summed E-state index contributed by atoms with van der Waals surface area (Å²) in [7, 11) is 3.09. The molecule has 0 aliphatic heterocycles. The van der Waals surface area contributed by atoms with Crippen LogP contribution in [-0.4, -0.2) is 41.1 Å². The number of ether oxygens (including phenoxy) is 2. The third-order valence-electron chi connectivity index (χ3n) is 4.14. The van der Waals surface area contributed by atoms with Crippen LogP contribution < -0.4 is 14.8 Å². The van der Waals surface area contributed by atoms with E-state index in [4.69, 9.17) is 18.3 Å². The largest absolute Gasteiger partial charge is 0.497 e. The summed E-state index contributed by atoms with van der Waals surface area (Å²) in [5.74, 6) is 2.04. The third kappa shape index (κ3) is 4.86. The van der Waals surface area contributed by atoms with Crippen LogP contribution in [0.25, 0.3) is 22.9 Å². The lowest BCUT2D eigenvalue weighted by Gasteiger charge is -2.10. The first-order valence-corrected chi connectivity index (χ1v) is 10.1. The molecule has 0 spiro atoms. The van der Waals surface area contributed by atoms with E-state index in [1.54, 1.807) is 69.2 Å². The minimum Gasteiger partial charge on any atom is -0.497 e. The van der Waals surface area contributed by atoms with Gasteiger partial charge in [-0.1, -0.05) is 11.8 Å². The van der Waals surface area contributed by atoms with Gasteiger partial charge in [-0.25, -0.2) is 4.98 Å². The highest BCUT2D eigenvalue weighted by atomic mass is 32.2. The molecule has 0 atom stereocenters. The minimum atomic E-state index is -0.237. The zero-order valence-corrected chi connectivity index (χ0v) is 17.5. The molecule has 0 bridgehead atoms. The molecule has 4 rings (SSSR count). The van der Waals surface area contributed by atoms with Gasteiger partial charge in [0.05, 0.1) is 32.5 Å². The van der Waals surface area contributed by atoms with E-state index in [1.165, 1.54) is 0 Å². The molecule has 0 fully saturated rings. The number of rotatable bonds is 8. The van der Waals surface area contributed by atoms with Crippen molar-refractivity contribution in [1.29, 1.82) is 0 Å². The molecular weight excluding hydrogens is 420 g/mol. The van der Waals surface area contributed by atoms with Crippen molar-refractivity contribution in [3.05, 3.63) is 55.0 Å². The maximum absolute atomic E-state index is 12.4. The number of nitrogens with zero attached hydrogens (tertiary/aromatic N) is 3. The first-order valence-electron chi connectivity index (χ1n) is 9.14. The molecule has 9 nitrogen and oxygen atoms in total. The van der Waals surface area contributed by atoms with E-state index in [-0.39, 0.29) is 11.7 Å². The average molecular weight is 438 g/mol. The number of nitrogens with one attached hydrogen (secondary N) is 1. The van der Waals surface area contributed by atoms with Gasteiger partial charge in [-0.3, -0.25) is 4.79 Å². The van der Waals surface area contributed by atoms with E-state index in [2.05, 4.69) is 20.5 Å². The highest BCUT2D eigenvalue weighted by Crippen LogP contribution is 2.30. The Morgan fingerprint density at radius 2 is 1.61 bits per heavy atom. The van der Waals surface area contributed by atoms with Crippen LogP contribution in [0.4, 0.5) is 5.69 Å². The van der Waals surface area contributed by atoms with E-state index >= 15 is 0 Å². The second-order valence-electron chi connectivity index (χ2n) is 6.18. The van der Waals surface area contributed by atoms with Crippen molar-refractivity contribution in [3.8, 4) is 34.4 Å². The summed E-state index contributed by atoms with van der Waals surface area (Å²) < 4.78 is 21.3. The monoisotopic (exact) mass is 438 g/mol. The molecular formula is C21H18N4O5S. The summed E-state index contributed by atoms with van der Waals surface area (Å²) >= 11 is 1.15. The molecule has 0 aliphatic carbocycles. The second kappa shape index (κ2) is 9.35. The molecule has 0 radical (unpaired) electrons. The number of carbonyl (C=O) groups excluding carboxylic acids is 1. The SMILES string of the molecule is COc1cc(NC(=O)CSc2nnc(-c3ccco3)c(-c3ccco3)n2)cc(OC)c1. The first-order chi connectivity index (χ1) is 15.2. The van der Waals surface area contributed by atoms with Gasteiger partial charge >= 0.3 is 0 Å². The number of hydrogen-bond donors (Lipinski definition) is 1. The van der Waals surface area contributed by atoms with Crippen molar-refractivity contribution in [2.24, 2.45) is 0 Å². The second-order valence-corrected chi connectivity index (χ2v) is 7.13. The van der Waals surface area contributed by atoms with Gasteiger partial charge < -0.3 is 23.6 Å². The smallest absolute Gasteiger partial charge is 0.234 e. The number of aromatic nitrogens is 3. The molecule has 1 aromatic carbocycles. The zero-order valence-electron chi connectivity index (χ0n) is 16.7. The number of thioether (sulfide) groups is 1. The number of anilines is 1. The predicted octanol–water partition coefficient (Wildman–Crippen LogP) is 4.14. The summed E-state index contributed by atoms with van der Waals surface area (Å²) in [5, 5.41) is 11.5. The Hall–Kier alpha value is -3.79. The van der Waals surface area contributed by atoms with E-state index < -0.39 is 0 Å². The fourth-order valence-electron chi connectivity index (χ4n) is 2.74. The fraction of sp³-hybridized carbons (Fsp3) is 0.143. The van der Waals surface area contributed by atoms with Crippen molar-refractivity contribution < 1.29 is 23.1 Å². The van der Waals surface area contributed by atoms with E-state index in [9.17, 15) is 4.79 Å². The van der Waals surface area contributed by atoms with Crippen LogP contribution >= 0.6 is 11.8 Å². The normalized spacial score (nSPS) is 10.6. The Bertz CT molecular complexity index is 1140. The van der Waals surface area contributed by atoms with Crippen LogP contribution in [0.15, 0.2) is 69.0 Å². The lowest BCUT2D eigenvalue weighted by molar-refractivity contribution is -0.113. The van der Waals surface area contributed by atoms with Gasteiger partial charge in [0.1, 0.15) is 17.2 Å². The van der Waals surface area contributed by atoms with Gasteiger partial charge in [0.15, 0.2) is 17.2 Å². The van der Waals surface area contributed by atoms with Crippen LogP contribution in [-0.2, 0) is 4.79 Å². The summed E-state index contributed by atoms with van der Waals surface area (Å²) in [6.07, 6.45) is 3.09. The zero-order chi connectivity index (χ0) is 21.6. The van der Waals surface area contributed by atoms with Crippen molar-refractivity contribution in [3.63, 3.8) is 0 Å². The maximum atomic E-state index is 12.4. The third-order valence-corrected chi connectivity index (χ3v) is 4.98. The summed E-state index contributed by atoms with van der Waals surface area (Å²) in [5.41, 5.74) is 1.50. The molecule has 158 valence electrons. The van der Waals surface area contributed by atoms with E-state index in [1.807, 2.05) is 0 Å². The van der Waals surface area contributed by atoms with Crippen LogP contribution in [0.2, 0.25) is 0 Å². The molecule has 1 N–H and O–H groups in total. The molecule has 31 heavy (non-hydrogen) atoms. The maximum Gasteiger partial charge on any atom is 0.234 e. The molecule has 0 unspecified atom stereocenters. The summed E-state index contributed by atoms with van der Waals surface area (Å²) in [6.45, 7) is 0. The number of hydrogen-bond acceptors (Lipinski definition) is 9. The minimum absolute atomic E-state index is 0.0822. The van der Waals surface area contributed by atoms with Gasteiger partial charge in [-0.05, 0) is 24.3 Å². The number of carbonyl (C=O) groups is 1. The molecule has 3 heterocycles. The van der Waals surface area contributed by atoms with Crippen molar-refractivity contribution >= 4 is 23.4 Å². The standard InChI is InChI=1S/C21H18N4O5S/c1-27-14-9-13(10-15(11-14)28-2)22-18(26)12-31-21-23-19(16-5-3-7-29-16)20(24-25-21)17-6-4-8-30-17/h3-11H,12H2,1-2H3,(H,22,26). The fourth-order valence-corrected chi connectivity index (χ4v) is 3.33. The predicted molar refractivity (Wildman–Crippen MR) is 114 cm³/mol. The lowest BCUT2D eigenvalue weighted by atomic mass is 10.2. The van der Waals surface area contributed by atoms with Crippen molar-refractivity contribution in [2.45, 2.75) is 5.16 Å². The molecule has 1 amide bonds. The molecule has 10 heteroatoms. The molecule has 3 aromatic heterocycles. The van der Waals surface area contributed by atoms with Crippen molar-refractivity contribution in [1.82, 2.24) is 15.2 Å². The van der Waals surface area contributed by atoms with Crippen LogP contribution in [0.5, 0.6) is 11.5 Å². The van der Waals surface area contributed by atoms with Crippen molar-refractivity contribution in [2.75, 3.05) is 25.3 Å². The van der Waals surface area contributed by atoms with E-state index in [0.29, 0.717) is 45.3 Å². The van der Waals surface area contributed by atoms with Gasteiger partial charge in [-0.15, -0.1) is 10.2 Å². The summed E-state index contributed by atoms with van der Waals surface area (Å²) in [4.78, 5) is 16.9. The Kier molecular flexibility index (Phi) is 6.18. The van der Waals surface area contributed by atoms with E-state index in [0.717, 1.165) is 11.8 Å². The highest BCUT2D eigenvalue weighted by Gasteiger charge is 2.18. The highest BCUT2D eigenvalue weighted by molar-refractivity contribution is 7.99. The molecule has 0 saturated carbocycles. The quantitative estimate of drug-likeness (QED) is 0.406. The van der Waals surface area contributed by atoms with Crippen LogP contribution in [0, 0.1) is 0 Å². The Morgan fingerprint density at radius 1 is 0.968 bits per heavy atom. The van der Waals surface area contributed by atoms with Crippen LogP contribution in [0.1, 0.15) is 0 Å². The number of methoxy groups -OCH3 is 2. The first kappa shape index (κ1) is 20.5. The number of amides is 1. The number of benzene rings is 1. The van der Waals surface area contributed by atoms with Crippen LogP contribution in [0.3, 0.4) is 0 Å². The van der Waals surface area contributed by atoms with Gasteiger partial charge in [0, 0.05) is 23.9 Å². The Labute approximate surface area is 181 Å². The number of furan rings is 2. The molecule has 4 aromatic rings. The lowest BCUT2D eigenvalue weighted by Crippen LogP contribution is -2.14. The Balaban J connectivity index is 1.49. The summed E-state index contributed by atoms with van der Waals surface area (Å²) in [6, 6.07) is 12.2. The average Bonchev–Trinajstić information content (AvgIpc) is 3.51. The molecule has 0 saturated heterocycles. The topological polar surface area (TPSA) is 113 Å². The van der Waals surface area contributed by atoms with Gasteiger partial charge in [0.2, 0.25) is 11.1 Å². The molecule has 0 aliphatic rings. The van der Waals surface area contributed by atoms with Gasteiger partial charge in [-0.2, -0.15) is 0 Å². The Morgan fingerprint density at radius 3 is 2.19 bits per heavy atom. The van der Waals surface area contributed by atoms with Gasteiger partial charge in [0.25, 0.3) is 0 Å².